The van der Waals surface area contributed by atoms with Gasteiger partial charge in [-0.05, 0) is 49.8 Å². The second-order valence-electron chi connectivity index (χ2n) is 3.84. The summed E-state index contributed by atoms with van der Waals surface area (Å²) >= 11 is 4.19. The van der Waals surface area contributed by atoms with Crippen molar-refractivity contribution in [2.75, 3.05) is 23.7 Å². The predicted molar refractivity (Wildman–Crippen MR) is 72.0 cm³/mol. The van der Waals surface area contributed by atoms with Crippen molar-refractivity contribution in [3.63, 3.8) is 0 Å². The van der Waals surface area contributed by atoms with Gasteiger partial charge in [-0.1, -0.05) is 6.42 Å². The van der Waals surface area contributed by atoms with Gasteiger partial charge in [-0.3, -0.25) is 0 Å². The van der Waals surface area contributed by atoms with E-state index in [1.54, 1.807) is 0 Å². The average molecular weight is 241 g/mol. The Morgan fingerprint density at radius 3 is 2.38 bits per heavy atom. The smallest absolute Gasteiger partial charge is 0.123 e. The maximum Gasteiger partial charge on any atom is 0.123 e. The van der Waals surface area contributed by atoms with Gasteiger partial charge < -0.3 is 4.90 Å². The molecule has 0 amide bonds. The van der Waals surface area contributed by atoms with Gasteiger partial charge in [-0.2, -0.15) is 12.6 Å². The molecule has 0 aliphatic heterocycles. The minimum Gasteiger partial charge on any atom is -0.372 e. The highest BCUT2D eigenvalue weighted by Crippen LogP contribution is 2.15. The standard InChI is InChI=1S/C13H20FNS/c1-2-15(10-4-3-5-11-16)13-8-6-12(14)7-9-13/h6-9,16H,2-5,10-11H2,1H3. The zero-order valence-electron chi connectivity index (χ0n) is 9.82. The van der Waals surface area contributed by atoms with Crippen molar-refractivity contribution in [2.24, 2.45) is 0 Å². The van der Waals surface area contributed by atoms with Gasteiger partial charge in [-0.15, -0.1) is 0 Å². The van der Waals surface area contributed by atoms with Crippen molar-refractivity contribution in [3.05, 3.63) is 30.1 Å². The van der Waals surface area contributed by atoms with Crippen molar-refractivity contribution in [1.82, 2.24) is 0 Å². The molecule has 0 bridgehead atoms. The van der Waals surface area contributed by atoms with Crippen LogP contribution in [0.4, 0.5) is 10.1 Å². The number of halogens is 1. The molecule has 1 aromatic carbocycles. The SMILES string of the molecule is CCN(CCCCCS)c1ccc(F)cc1. The first-order valence-electron chi connectivity index (χ1n) is 5.89. The minimum atomic E-state index is -0.171. The summed E-state index contributed by atoms with van der Waals surface area (Å²) in [5.74, 6) is 0.790. The Balaban J connectivity index is 2.44. The Kier molecular flexibility index (Phi) is 6.31. The molecule has 0 aromatic heterocycles. The fraction of sp³-hybridized carbons (Fsp3) is 0.538. The number of benzene rings is 1. The molecule has 0 aliphatic rings. The summed E-state index contributed by atoms with van der Waals surface area (Å²) in [6.45, 7) is 4.13. The van der Waals surface area contributed by atoms with E-state index in [2.05, 4.69) is 24.5 Å². The highest BCUT2D eigenvalue weighted by atomic mass is 32.1. The molecule has 0 heterocycles. The monoisotopic (exact) mass is 241 g/mol. The highest BCUT2D eigenvalue weighted by molar-refractivity contribution is 7.80. The topological polar surface area (TPSA) is 3.24 Å². The molecule has 0 saturated heterocycles. The quantitative estimate of drug-likeness (QED) is 0.562. The molecule has 90 valence electrons. The molecule has 1 rings (SSSR count). The van der Waals surface area contributed by atoms with Crippen LogP contribution < -0.4 is 4.90 Å². The maximum atomic E-state index is 12.8. The second kappa shape index (κ2) is 7.55. The van der Waals surface area contributed by atoms with Gasteiger partial charge in [-0.25, -0.2) is 4.39 Å². The first kappa shape index (κ1) is 13.4. The summed E-state index contributed by atoms with van der Waals surface area (Å²) in [5, 5.41) is 0. The first-order chi connectivity index (χ1) is 7.77. The van der Waals surface area contributed by atoms with Gasteiger partial charge in [0.2, 0.25) is 0 Å². The number of hydrogen-bond donors (Lipinski definition) is 1. The molecule has 3 heteroatoms. The lowest BCUT2D eigenvalue weighted by Gasteiger charge is -2.23. The molecule has 0 unspecified atom stereocenters. The Labute approximate surface area is 103 Å². The molecular weight excluding hydrogens is 221 g/mol. The van der Waals surface area contributed by atoms with Gasteiger partial charge in [0, 0.05) is 18.8 Å². The van der Waals surface area contributed by atoms with Crippen molar-refractivity contribution in [3.8, 4) is 0 Å². The van der Waals surface area contributed by atoms with Gasteiger partial charge >= 0.3 is 0 Å². The van der Waals surface area contributed by atoms with E-state index >= 15 is 0 Å². The third-order valence-corrected chi connectivity index (χ3v) is 2.98. The minimum absolute atomic E-state index is 0.171. The van der Waals surface area contributed by atoms with Crippen LogP contribution in [-0.4, -0.2) is 18.8 Å². The summed E-state index contributed by atoms with van der Waals surface area (Å²) in [5.41, 5.74) is 1.11. The molecular formula is C13H20FNS. The number of nitrogens with zero attached hydrogens (tertiary/aromatic N) is 1. The fourth-order valence-corrected chi connectivity index (χ4v) is 1.94. The summed E-state index contributed by atoms with van der Waals surface area (Å²) in [6.07, 6.45) is 3.55. The van der Waals surface area contributed by atoms with E-state index in [0.717, 1.165) is 24.5 Å². The molecule has 1 aromatic rings. The van der Waals surface area contributed by atoms with E-state index in [9.17, 15) is 4.39 Å². The average Bonchev–Trinajstić information content (AvgIpc) is 2.31. The molecule has 0 atom stereocenters. The molecule has 0 spiro atoms. The van der Waals surface area contributed by atoms with Crippen molar-refractivity contribution in [2.45, 2.75) is 26.2 Å². The number of thiol groups is 1. The summed E-state index contributed by atoms with van der Waals surface area (Å²) in [7, 11) is 0. The van der Waals surface area contributed by atoms with Crippen molar-refractivity contribution >= 4 is 18.3 Å². The van der Waals surface area contributed by atoms with Crippen LogP contribution in [0.1, 0.15) is 26.2 Å². The molecule has 0 fully saturated rings. The first-order valence-corrected chi connectivity index (χ1v) is 6.52. The summed E-state index contributed by atoms with van der Waals surface area (Å²) in [6, 6.07) is 6.73. The van der Waals surface area contributed by atoms with Crippen molar-refractivity contribution in [1.29, 1.82) is 0 Å². The lowest BCUT2D eigenvalue weighted by Crippen LogP contribution is -2.23. The van der Waals surface area contributed by atoms with Crippen LogP contribution in [0.15, 0.2) is 24.3 Å². The lowest BCUT2D eigenvalue weighted by molar-refractivity contribution is 0.627. The zero-order valence-corrected chi connectivity index (χ0v) is 10.7. The van der Waals surface area contributed by atoms with Crippen LogP contribution >= 0.6 is 12.6 Å². The van der Waals surface area contributed by atoms with Crippen LogP contribution in [-0.2, 0) is 0 Å². The normalized spacial score (nSPS) is 10.4. The summed E-state index contributed by atoms with van der Waals surface area (Å²) in [4.78, 5) is 2.28. The van der Waals surface area contributed by atoms with Gasteiger partial charge in [0.15, 0.2) is 0 Å². The van der Waals surface area contributed by atoms with Crippen molar-refractivity contribution < 1.29 is 4.39 Å². The summed E-state index contributed by atoms with van der Waals surface area (Å²) < 4.78 is 12.8. The lowest BCUT2D eigenvalue weighted by atomic mass is 10.2. The molecule has 0 N–H and O–H groups in total. The predicted octanol–water partition coefficient (Wildman–Crippen LogP) is 3.75. The number of anilines is 1. The number of rotatable bonds is 7. The molecule has 0 aliphatic carbocycles. The zero-order chi connectivity index (χ0) is 11.8. The number of hydrogen-bond acceptors (Lipinski definition) is 2. The Hall–Kier alpha value is -0.700. The van der Waals surface area contributed by atoms with E-state index in [1.165, 1.54) is 31.4 Å². The van der Waals surface area contributed by atoms with E-state index in [1.807, 2.05) is 12.1 Å². The van der Waals surface area contributed by atoms with Gasteiger partial charge in [0.25, 0.3) is 0 Å². The van der Waals surface area contributed by atoms with E-state index in [0.29, 0.717) is 0 Å². The third kappa shape index (κ3) is 4.44. The largest absolute Gasteiger partial charge is 0.372 e. The fourth-order valence-electron chi connectivity index (χ4n) is 1.71. The highest BCUT2D eigenvalue weighted by Gasteiger charge is 2.03. The van der Waals surface area contributed by atoms with Gasteiger partial charge in [0.05, 0.1) is 0 Å². The Morgan fingerprint density at radius 2 is 1.81 bits per heavy atom. The molecule has 16 heavy (non-hydrogen) atoms. The Morgan fingerprint density at radius 1 is 1.12 bits per heavy atom. The Bertz CT molecular complexity index is 286. The van der Waals surface area contributed by atoms with Crippen LogP contribution in [0.2, 0.25) is 0 Å². The molecule has 0 saturated carbocycles. The second-order valence-corrected chi connectivity index (χ2v) is 4.29. The van der Waals surface area contributed by atoms with E-state index in [-0.39, 0.29) is 5.82 Å². The van der Waals surface area contributed by atoms with E-state index in [4.69, 9.17) is 0 Å². The third-order valence-electron chi connectivity index (χ3n) is 2.66. The molecule has 1 nitrogen and oxygen atoms in total. The van der Waals surface area contributed by atoms with Crippen LogP contribution in [0.3, 0.4) is 0 Å². The number of unbranched alkanes of at least 4 members (excludes halogenated alkanes) is 2. The van der Waals surface area contributed by atoms with Crippen LogP contribution in [0.25, 0.3) is 0 Å². The van der Waals surface area contributed by atoms with Crippen LogP contribution in [0, 0.1) is 5.82 Å². The molecule has 0 radical (unpaired) electrons. The van der Waals surface area contributed by atoms with E-state index < -0.39 is 0 Å². The van der Waals surface area contributed by atoms with Gasteiger partial charge in [0.1, 0.15) is 5.82 Å². The maximum absolute atomic E-state index is 12.8. The van der Waals surface area contributed by atoms with Crippen LogP contribution in [0.5, 0.6) is 0 Å².